The Morgan fingerprint density at radius 2 is 1.71 bits per heavy atom. The molecule has 0 radical (unpaired) electrons. The summed E-state index contributed by atoms with van der Waals surface area (Å²) in [5, 5.41) is 11.1. The molecule has 10 nitrogen and oxygen atoms in total. The molecular formula is C28H30F3N3O7. The molecule has 1 heterocycles. The Bertz CT molecular complexity index is 1430. The first-order chi connectivity index (χ1) is 19.0. The maximum absolute atomic E-state index is 13.5. The number of halogens is 3. The van der Waals surface area contributed by atoms with Crippen molar-refractivity contribution in [1.29, 1.82) is 5.41 Å². The predicted octanol–water partition coefficient (Wildman–Crippen LogP) is 4.02. The molecule has 0 fully saturated rings. The summed E-state index contributed by atoms with van der Waals surface area (Å²) < 4.78 is 53.2. The summed E-state index contributed by atoms with van der Waals surface area (Å²) in [5.74, 6) is -5.14. The number of ether oxygens (including phenoxy) is 3. The first kappa shape index (κ1) is 31.1. The molecule has 0 bridgehead atoms. The maximum Gasteiger partial charge on any atom is 0.491 e. The van der Waals surface area contributed by atoms with Crippen LogP contribution in [-0.4, -0.2) is 67.8 Å². The summed E-state index contributed by atoms with van der Waals surface area (Å²) in [6, 6.07) is 5.61. The molecule has 2 N–H and O–H groups in total. The van der Waals surface area contributed by atoms with Gasteiger partial charge in [0.25, 0.3) is 5.91 Å². The van der Waals surface area contributed by atoms with Gasteiger partial charge in [-0.3, -0.25) is 15.0 Å². The number of amidine groups is 1. The lowest BCUT2D eigenvalue weighted by Crippen LogP contribution is -2.31. The monoisotopic (exact) mass is 577 g/mol. The van der Waals surface area contributed by atoms with Crippen LogP contribution in [0.3, 0.4) is 0 Å². The lowest BCUT2D eigenvalue weighted by Gasteiger charge is -2.25. The van der Waals surface area contributed by atoms with Gasteiger partial charge in [-0.15, -0.1) is 0 Å². The van der Waals surface area contributed by atoms with Gasteiger partial charge < -0.3 is 24.4 Å². The fourth-order valence-corrected chi connectivity index (χ4v) is 4.33. The van der Waals surface area contributed by atoms with E-state index in [4.69, 9.17) is 14.9 Å². The molecular weight excluding hydrogens is 547 g/mol. The second-order valence-corrected chi connectivity index (χ2v) is 10.2. The largest absolute Gasteiger partial charge is 0.496 e. The first-order valence-corrected chi connectivity index (χ1v) is 12.5. The fourth-order valence-electron chi connectivity index (χ4n) is 4.33. The van der Waals surface area contributed by atoms with Gasteiger partial charge in [-0.25, -0.2) is 9.59 Å². The number of carbonyl (C=O) groups excluding carboxylic acids is 4. The van der Waals surface area contributed by atoms with E-state index in [1.54, 1.807) is 33.8 Å². The van der Waals surface area contributed by atoms with Crippen molar-refractivity contribution in [2.45, 2.75) is 45.8 Å². The number of methoxy groups -OCH3 is 1. The molecule has 220 valence electrons. The Morgan fingerprint density at radius 1 is 1.05 bits per heavy atom. The zero-order chi connectivity index (χ0) is 30.9. The van der Waals surface area contributed by atoms with Crippen molar-refractivity contribution in [2.24, 2.45) is 0 Å². The summed E-state index contributed by atoms with van der Waals surface area (Å²) in [4.78, 5) is 51.3. The van der Waals surface area contributed by atoms with Crippen LogP contribution < -0.4 is 14.8 Å². The van der Waals surface area contributed by atoms with Crippen molar-refractivity contribution >= 4 is 29.5 Å². The normalized spacial score (nSPS) is 13.0. The molecule has 0 atom stereocenters. The van der Waals surface area contributed by atoms with Crippen LogP contribution in [0.5, 0.6) is 11.5 Å². The van der Waals surface area contributed by atoms with Crippen LogP contribution in [0.2, 0.25) is 0 Å². The van der Waals surface area contributed by atoms with Gasteiger partial charge in [-0.2, -0.15) is 13.2 Å². The van der Waals surface area contributed by atoms with Crippen molar-refractivity contribution < 1.29 is 46.6 Å². The summed E-state index contributed by atoms with van der Waals surface area (Å²) in [6.45, 7) is 7.09. The number of fused-ring (bicyclic) bond motifs is 1. The number of nitrogens with one attached hydrogen (secondary N) is 2. The standard InChI is InChI=1S/C28H30F3N3O7/c1-7-40-21-10-15-12-34(23(32)16(15)11-17(21)24(36)33-5)13-20(35)14-8-18(25(37)41-26(38)28(29,30)31)22(39-6)19(9-14)27(2,3)4/h8-11,32H,7,12-13H2,1-6H3,(H,33,36). The molecule has 2 aromatic rings. The molecule has 13 heteroatoms. The van der Waals surface area contributed by atoms with Gasteiger partial charge in [0.05, 0.1) is 25.8 Å². The lowest BCUT2D eigenvalue weighted by molar-refractivity contribution is -0.193. The highest BCUT2D eigenvalue weighted by Crippen LogP contribution is 2.37. The predicted molar refractivity (Wildman–Crippen MR) is 141 cm³/mol. The summed E-state index contributed by atoms with van der Waals surface area (Å²) in [5.41, 5.74) is 0.289. The van der Waals surface area contributed by atoms with Crippen LogP contribution in [0, 0.1) is 5.41 Å². The quantitative estimate of drug-likeness (QED) is 0.273. The average Bonchev–Trinajstić information content (AvgIpc) is 3.19. The van der Waals surface area contributed by atoms with Gasteiger partial charge in [-0.1, -0.05) is 20.8 Å². The summed E-state index contributed by atoms with van der Waals surface area (Å²) in [7, 11) is 2.66. The topological polar surface area (TPSA) is 135 Å². The molecule has 1 aliphatic heterocycles. The van der Waals surface area contributed by atoms with Gasteiger partial charge >= 0.3 is 18.1 Å². The molecule has 2 aromatic carbocycles. The molecule has 0 saturated heterocycles. The second kappa shape index (κ2) is 11.6. The molecule has 0 aromatic heterocycles. The highest BCUT2D eigenvalue weighted by molar-refractivity contribution is 6.09. The first-order valence-electron chi connectivity index (χ1n) is 12.5. The molecule has 0 unspecified atom stereocenters. The SMILES string of the molecule is CCOc1cc2c(cc1C(=O)NC)C(=N)N(CC(=O)c1cc(C(=O)OC(=O)C(F)(F)F)c(OC)c(C(C)(C)C)c1)C2. The van der Waals surface area contributed by atoms with Crippen LogP contribution in [-0.2, 0) is 21.5 Å². The van der Waals surface area contributed by atoms with Crippen LogP contribution >= 0.6 is 0 Å². The number of hydrogen-bond acceptors (Lipinski definition) is 8. The van der Waals surface area contributed by atoms with Crippen molar-refractivity contribution in [2.75, 3.05) is 27.3 Å². The van der Waals surface area contributed by atoms with Crippen molar-refractivity contribution in [1.82, 2.24) is 10.2 Å². The van der Waals surface area contributed by atoms with Gasteiger partial charge in [0.15, 0.2) is 5.78 Å². The smallest absolute Gasteiger partial charge is 0.491 e. The van der Waals surface area contributed by atoms with Crippen LogP contribution in [0.1, 0.15) is 75.5 Å². The van der Waals surface area contributed by atoms with Gasteiger partial charge in [0.1, 0.15) is 22.9 Å². The third-order valence-electron chi connectivity index (χ3n) is 6.30. The fraction of sp³-hybridized carbons (Fsp3) is 0.393. The third kappa shape index (κ3) is 6.50. The van der Waals surface area contributed by atoms with Crippen LogP contribution in [0.15, 0.2) is 24.3 Å². The Morgan fingerprint density at radius 3 is 2.24 bits per heavy atom. The van der Waals surface area contributed by atoms with E-state index in [9.17, 15) is 32.3 Å². The molecule has 0 spiro atoms. The van der Waals surface area contributed by atoms with Gasteiger partial charge in [0, 0.05) is 30.3 Å². The Kier molecular flexibility index (Phi) is 8.80. The van der Waals surface area contributed by atoms with Crippen LogP contribution in [0.25, 0.3) is 0 Å². The number of ketones is 1. The van der Waals surface area contributed by atoms with E-state index >= 15 is 0 Å². The Balaban J connectivity index is 1.99. The zero-order valence-corrected chi connectivity index (χ0v) is 23.4. The minimum atomic E-state index is -5.41. The number of rotatable bonds is 8. The molecule has 3 rings (SSSR count). The van der Waals surface area contributed by atoms with E-state index in [-0.39, 0.29) is 35.8 Å². The van der Waals surface area contributed by atoms with Crippen LogP contribution in [0.4, 0.5) is 13.2 Å². The maximum atomic E-state index is 13.5. The van der Waals surface area contributed by atoms with E-state index < -0.39 is 40.8 Å². The number of amides is 1. The number of carbonyl (C=O) groups is 4. The third-order valence-corrected chi connectivity index (χ3v) is 6.30. The number of benzene rings is 2. The summed E-state index contributed by atoms with van der Waals surface area (Å²) in [6.07, 6.45) is -5.41. The van der Waals surface area contributed by atoms with Crippen molar-refractivity contribution in [3.05, 3.63) is 57.6 Å². The zero-order valence-electron chi connectivity index (χ0n) is 23.4. The van der Waals surface area contributed by atoms with E-state index in [1.807, 2.05) is 0 Å². The van der Waals surface area contributed by atoms with E-state index in [1.165, 1.54) is 31.2 Å². The Labute approximate surface area is 234 Å². The number of alkyl halides is 3. The number of Topliss-reactive ketones (excluding diaryl/α,β-unsaturated/α-hetero) is 1. The van der Waals surface area contributed by atoms with Gasteiger partial charge in [0.2, 0.25) is 0 Å². The molecule has 41 heavy (non-hydrogen) atoms. The average molecular weight is 578 g/mol. The van der Waals surface area contributed by atoms with E-state index in [0.717, 1.165) is 6.07 Å². The molecule has 1 aliphatic rings. The lowest BCUT2D eigenvalue weighted by atomic mass is 9.83. The number of hydrogen-bond donors (Lipinski definition) is 2. The van der Waals surface area contributed by atoms with Crippen molar-refractivity contribution in [3.63, 3.8) is 0 Å². The second-order valence-electron chi connectivity index (χ2n) is 10.2. The van der Waals surface area contributed by atoms with Gasteiger partial charge in [-0.05, 0) is 42.2 Å². The molecule has 1 amide bonds. The van der Waals surface area contributed by atoms with E-state index in [2.05, 4.69) is 10.1 Å². The minimum absolute atomic E-state index is 0.0264. The Hall–Kier alpha value is -4.42. The highest BCUT2D eigenvalue weighted by Gasteiger charge is 2.43. The minimum Gasteiger partial charge on any atom is -0.496 e. The summed E-state index contributed by atoms with van der Waals surface area (Å²) >= 11 is 0. The molecule has 0 saturated carbocycles. The van der Waals surface area contributed by atoms with E-state index in [0.29, 0.717) is 29.0 Å². The van der Waals surface area contributed by atoms with Crippen molar-refractivity contribution in [3.8, 4) is 11.5 Å². The number of nitrogens with zero attached hydrogens (tertiary/aromatic N) is 1. The number of esters is 2. The molecule has 0 aliphatic carbocycles. The highest BCUT2D eigenvalue weighted by atomic mass is 19.4.